The third-order valence-corrected chi connectivity index (χ3v) is 2.63. The quantitative estimate of drug-likeness (QED) is 0.206. The molecule has 19 heavy (non-hydrogen) atoms. The molecule has 0 aliphatic carbocycles. The molecule has 9 nitrogen and oxygen atoms in total. The van der Waals surface area contributed by atoms with E-state index in [1.54, 1.807) is 0 Å². The zero-order valence-corrected chi connectivity index (χ0v) is 9.51. The summed E-state index contributed by atoms with van der Waals surface area (Å²) in [5, 5.41) is 5.99. The molecule has 12 heteroatoms. The number of carboxylic acid groups (broad SMARTS) is 1. The number of ether oxygens (including phenoxy) is 1. The Balaban J connectivity index is -0.00000128. The van der Waals surface area contributed by atoms with Crippen LogP contribution in [-0.2, 0) is 29.2 Å². The van der Waals surface area contributed by atoms with Gasteiger partial charge in [-0.1, -0.05) is 0 Å². The van der Waals surface area contributed by atoms with Gasteiger partial charge < -0.3 is 15.6 Å². The van der Waals surface area contributed by atoms with Crippen LogP contribution in [0.5, 0.6) is 0 Å². The molecular weight excluding hydrogens is 304 g/mol. The van der Waals surface area contributed by atoms with Gasteiger partial charge in [-0.2, -0.15) is 8.42 Å². The minimum absolute atomic E-state index is 0. The molecule has 0 rings (SSSR count). The number of carboxylic acids is 1. The van der Waals surface area contributed by atoms with Crippen molar-refractivity contribution in [2.75, 3.05) is 0 Å². The van der Waals surface area contributed by atoms with Gasteiger partial charge in [-0.3, -0.25) is 14.1 Å². The number of carbonyl (C=O) groups excluding carboxylic acids is 2. The van der Waals surface area contributed by atoms with Crippen LogP contribution in [0.1, 0.15) is 13.3 Å². The number of carbonyl (C=O) groups is 3. The monoisotopic (exact) mass is 317 g/mol. The first-order valence-corrected chi connectivity index (χ1v) is 5.75. The Hall–Kier alpha value is 0.480. The second-order valence-electron chi connectivity index (χ2n) is 3.13. The van der Waals surface area contributed by atoms with Gasteiger partial charge in [0.2, 0.25) is 0 Å². The number of hydrogen-bond acceptors (Lipinski definition) is 7. The zero-order valence-electron chi connectivity index (χ0n) is 8.69. The maximum absolute atomic E-state index is 11.1. The average molecular weight is 317 g/mol. The molecule has 2 unspecified atom stereocenters. The van der Waals surface area contributed by atoms with Crippen molar-refractivity contribution in [3.8, 4) is 0 Å². The standard InChI is InChI=1S/C7H11NO8S.2Na.2H/c1-3(8)6(11)16-7(12)4(2-5(9)10)17(13,14)15;;;;/h3-4H,2,8H2,1H3,(H,9,10)(H,13,14,15);;;;. The third kappa shape index (κ3) is 9.93. The average Bonchev–Trinajstić information content (AvgIpc) is 2.11. The molecule has 2 atom stereocenters. The second-order valence-corrected chi connectivity index (χ2v) is 4.73. The van der Waals surface area contributed by atoms with E-state index in [9.17, 15) is 22.8 Å². The predicted octanol–water partition coefficient (Wildman–Crippen LogP) is -3.16. The van der Waals surface area contributed by atoms with Crippen LogP contribution in [-0.4, -0.2) is 106 Å². The van der Waals surface area contributed by atoms with E-state index in [2.05, 4.69) is 4.74 Å². The van der Waals surface area contributed by atoms with Crippen LogP contribution in [0.15, 0.2) is 0 Å². The van der Waals surface area contributed by atoms with E-state index >= 15 is 0 Å². The molecule has 0 radical (unpaired) electrons. The molecule has 0 heterocycles. The number of rotatable bonds is 5. The summed E-state index contributed by atoms with van der Waals surface area (Å²) in [4.78, 5) is 32.3. The Morgan fingerprint density at radius 2 is 1.63 bits per heavy atom. The molecule has 0 saturated carbocycles. The topological polar surface area (TPSA) is 161 Å². The summed E-state index contributed by atoms with van der Waals surface area (Å²) in [6.07, 6.45) is -1.22. The van der Waals surface area contributed by atoms with Crippen LogP contribution in [0.25, 0.3) is 0 Å². The van der Waals surface area contributed by atoms with Crippen LogP contribution in [0.4, 0.5) is 0 Å². The van der Waals surface area contributed by atoms with Crippen LogP contribution in [0.3, 0.4) is 0 Å². The summed E-state index contributed by atoms with van der Waals surface area (Å²) in [6.45, 7) is 1.18. The fourth-order valence-electron chi connectivity index (χ4n) is 0.727. The van der Waals surface area contributed by atoms with Gasteiger partial charge in [0.15, 0.2) is 5.25 Å². The van der Waals surface area contributed by atoms with E-state index in [4.69, 9.17) is 15.4 Å². The van der Waals surface area contributed by atoms with Gasteiger partial charge in [-0.15, -0.1) is 0 Å². The molecule has 0 aromatic carbocycles. The normalized spacial score (nSPS) is 13.2. The zero-order chi connectivity index (χ0) is 13.8. The number of nitrogens with two attached hydrogens (primary N) is 1. The molecule has 0 aromatic heterocycles. The van der Waals surface area contributed by atoms with Crippen molar-refractivity contribution >= 4 is 87.1 Å². The van der Waals surface area contributed by atoms with E-state index in [-0.39, 0.29) is 59.1 Å². The Morgan fingerprint density at radius 3 is 1.89 bits per heavy atom. The van der Waals surface area contributed by atoms with Crippen LogP contribution in [0.2, 0.25) is 0 Å². The molecule has 0 fully saturated rings. The first-order valence-electron chi connectivity index (χ1n) is 4.25. The first-order chi connectivity index (χ1) is 7.55. The van der Waals surface area contributed by atoms with Crippen molar-refractivity contribution in [3.05, 3.63) is 0 Å². The Bertz CT molecular complexity index is 434. The summed E-state index contributed by atoms with van der Waals surface area (Å²) >= 11 is 0. The van der Waals surface area contributed by atoms with Gasteiger partial charge in [0, 0.05) is 0 Å². The maximum atomic E-state index is 11.1. The summed E-state index contributed by atoms with van der Waals surface area (Å²) in [5.41, 5.74) is 5.04. The van der Waals surface area contributed by atoms with Crippen LogP contribution < -0.4 is 5.73 Å². The van der Waals surface area contributed by atoms with Gasteiger partial charge >= 0.3 is 77.0 Å². The van der Waals surface area contributed by atoms with Crippen molar-refractivity contribution in [2.45, 2.75) is 24.6 Å². The van der Waals surface area contributed by atoms with Crippen LogP contribution >= 0.6 is 0 Å². The molecule has 0 aromatic rings. The SMILES string of the molecule is CC(N)C(=O)OC(=O)C(CC(=O)O)S(=O)(=O)O.[NaH].[NaH]. The molecule has 0 aliphatic rings. The van der Waals surface area contributed by atoms with Gasteiger partial charge in [-0.25, -0.2) is 4.79 Å². The number of aliphatic carboxylic acids is 1. The van der Waals surface area contributed by atoms with Crippen molar-refractivity contribution < 1.29 is 37.2 Å². The van der Waals surface area contributed by atoms with Gasteiger partial charge in [-0.05, 0) is 6.92 Å². The van der Waals surface area contributed by atoms with Crippen molar-refractivity contribution in [1.29, 1.82) is 0 Å². The Morgan fingerprint density at radius 1 is 1.21 bits per heavy atom. The first kappa shape index (κ1) is 24.5. The predicted molar refractivity (Wildman–Crippen MR) is 66.6 cm³/mol. The summed E-state index contributed by atoms with van der Waals surface area (Å²) in [6, 6.07) is -1.19. The summed E-state index contributed by atoms with van der Waals surface area (Å²) in [7, 11) is -4.98. The molecule has 102 valence electrons. The van der Waals surface area contributed by atoms with E-state index in [1.165, 1.54) is 6.92 Å². The Labute approximate surface area is 153 Å². The summed E-state index contributed by atoms with van der Waals surface area (Å²) < 4.78 is 34.0. The van der Waals surface area contributed by atoms with Crippen LogP contribution in [0, 0.1) is 0 Å². The van der Waals surface area contributed by atoms with Crippen molar-refractivity contribution in [1.82, 2.24) is 0 Å². The van der Waals surface area contributed by atoms with Gasteiger partial charge in [0.25, 0.3) is 10.1 Å². The number of esters is 2. The fourth-order valence-corrected chi connectivity index (χ4v) is 1.37. The van der Waals surface area contributed by atoms with Crippen molar-refractivity contribution in [2.24, 2.45) is 5.73 Å². The molecule has 0 amide bonds. The van der Waals surface area contributed by atoms with E-state index < -0.39 is 45.7 Å². The fraction of sp³-hybridized carbons (Fsp3) is 0.571. The molecule has 0 spiro atoms. The number of hydrogen-bond donors (Lipinski definition) is 3. The minimum atomic E-state index is -4.98. The Kier molecular flexibility index (Phi) is 13.2. The van der Waals surface area contributed by atoms with Crippen molar-refractivity contribution in [3.63, 3.8) is 0 Å². The molecule has 4 N–H and O–H groups in total. The second kappa shape index (κ2) is 10.2. The van der Waals surface area contributed by atoms with Gasteiger partial charge in [0.1, 0.15) is 6.04 Å². The van der Waals surface area contributed by atoms with E-state index in [1.807, 2.05) is 0 Å². The molecule has 0 saturated heterocycles. The summed E-state index contributed by atoms with van der Waals surface area (Å²) in [5.74, 6) is -4.57. The van der Waals surface area contributed by atoms with Gasteiger partial charge in [0.05, 0.1) is 6.42 Å². The molecule has 0 bridgehead atoms. The van der Waals surface area contributed by atoms with E-state index in [0.717, 1.165) is 0 Å². The van der Waals surface area contributed by atoms with E-state index in [0.29, 0.717) is 0 Å². The molecular formula is C7H13NNa2O8S. The molecule has 0 aliphatic heterocycles. The third-order valence-electron chi connectivity index (χ3n) is 1.56.